The standard InChI is InChI=1S/C17H16N2O2/c1-2-13-10-17(20)19(12-13)14-6-5-7-15(11-14)21-16-8-3-4-9-18-16/h2-9,11,13H,1,10,12H2. The number of pyridine rings is 1. The SMILES string of the molecule is C=CC1CC(=O)N(c2cccc(Oc3ccccn3)c2)C1. The van der Waals surface area contributed by atoms with Crippen LogP contribution < -0.4 is 9.64 Å². The maximum Gasteiger partial charge on any atom is 0.227 e. The highest BCUT2D eigenvalue weighted by molar-refractivity contribution is 5.96. The average Bonchev–Trinajstić information content (AvgIpc) is 2.90. The highest BCUT2D eigenvalue weighted by Gasteiger charge is 2.28. The van der Waals surface area contributed by atoms with Crippen molar-refractivity contribution in [3.05, 3.63) is 61.3 Å². The van der Waals surface area contributed by atoms with Crippen LogP contribution in [0.4, 0.5) is 5.69 Å². The minimum absolute atomic E-state index is 0.120. The van der Waals surface area contributed by atoms with E-state index in [4.69, 9.17) is 4.74 Å². The summed E-state index contributed by atoms with van der Waals surface area (Å²) in [4.78, 5) is 17.9. The molecule has 1 aliphatic rings. The number of aromatic nitrogens is 1. The van der Waals surface area contributed by atoms with Crippen molar-refractivity contribution in [1.29, 1.82) is 0 Å². The van der Waals surface area contributed by atoms with E-state index >= 15 is 0 Å². The van der Waals surface area contributed by atoms with Crippen molar-refractivity contribution < 1.29 is 9.53 Å². The van der Waals surface area contributed by atoms with Gasteiger partial charge in [-0.2, -0.15) is 0 Å². The zero-order valence-corrected chi connectivity index (χ0v) is 11.6. The summed E-state index contributed by atoms with van der Waals surface area (Å²) < 4.78 is 5.70. The zero-order valence-electron chi connectivity index (χ0n) is 11.6. The molecule has 2 heterocycles. The molecule has 1 aromatic heterocycles. The van der Waals surface area contributed by atoms with Gasteiger partial charge >= 0.3 is 0 Å². The molecular formula is C17H16N2O2. The van der Waals surface area contributed by atoms with Gasteiger partial charge in [-0.1, -0.05) is 18.2 Å². The van der Waals surface area contributed by atoms with Crippen LogP contribution >= 0.6 is 0 Å². The first kappa shape index (κ1) is 13.4. The summed E-state index contributed by atoms with van der Waals surface area (Å²) in [6.45, 7) is 4.44. The van der Waals surface area contributed by atoms with E-state index in [-0.39, 0.29) is 11.8 Å². The molecule has 3 rings (SSSR count). The molecule has 0 bridgehead atoms. The summed E-state index contributed by atoms with van der Waals surface area (Å²) >= 11 is 0. The number of carbonyl (C=O) groups is 1. The molecule has 4 nitrogen and oxygen atoms in total. The monoisotopic (exact) mass is 280 g/mol. The van der Waals surface area contributed by atoms with Gasteiger partial charge in [0.15, 0.2) is 0 Å². The van der Waals surface area contributed by atoms with Crippen molar-refractivity contribution in [2.45, 2.75) is 6.42 Å². The van der Waals surface area contributed by atoms with Crippen LogP contribution in [-0.4, -0.2) is 17.4 Å². The van der Waals surface area contributed by atoms with Crippen molar-refractivity contribution in [3.8, 4) is 11.6 Å². The molecule has 1 aromatic carbocycles. The molecule has 1 atom stereocenters. The fourth-order valence-electron chi connectivity index (χ4n) is 2.39. The Morgan fingerprint density at radius 1 is 1.29 bits per heavy atom. The van der Waals surface area contributed by atoms with Crippen LogP contribution in [0.1, 0.15) is 6.42 Å². The number of rotatable bonds is 4. The lowest BCUT2D eigenvalue weighted by atomic mass is 10.1. The third-order valence-electron chi connectivity index (χ3n) is 3.48. The number of benzene rings is 1. The maximum atomic E-state index is 12.0. The molecule has 0 spiro atoms. The molecule has 106 valence electrons. The van der Waals surface area contributed by atoms with Gasteiger partial charge in [0.05, 0.1) is 0 Å². The van der Waals surface area contributed by atoms with Crippen molar-refractivity contribution in [2.75, 3.05) is 11.4 Å². The van der Waals surface area contributed by atoms with E-state index < -0.39 is 0 Å². The van der Waals surface area contributed by atoms with Crippen molar-refractivity contribution >= 4 is 11.6 Å². The van der Waals surface area contributed by atoms with Gasteiger partial charge in [0.2, 0.25) is 11.8 Å². The van der Waals surface area contributed by atoms with Crippen molar-refractivity contribution in [2.24, 2.45) is 5.92 Å². The Bertz CT molecular complexity index is 655. The number of ether oxygens (including phenoxy) is 1. The Morgan fingerprint density at radius 2 is 2.19 bits per heavy atom. The predicted molar refractivity (Wildman–Crippen MR) is 81.4 cm³/mol. The minimum Gasteiger partial charge on any atom is -0.439 e. The predicted octanol–water partition coefficient (Wildman–Crippen LogP) is 3.41. The minimum atomic E-state index is 0.120. The van der Waals surface area contributed by atoms with Gasteiger partial charge in [-0.05, 0) is 18.2 Å². The lowest BCUT2D eigenvalue weighted by Gasteiger charge is -2.17. The lowest BCUT2D eigenvalue weighted by molar-refractivity contribution is -0.117. The van der Waals surface area contributed by atoms with E-state index in [2.05, 4.69) is 11.6 Å². The fraction of sp³-hybridized carbons (Fsp3) is 0.176. The quantitative estimate of drug-likeness (QED) is 0.806. The lowest BCUT2D eigenvalue weighted by Crippen LogP contribution is -2.24. The summed E-state index contributed by atoms with van der Waals surface area (Å²) in [6, 6.07) is 13.0. The van der Waals surface area contributed by atoms with E-state index in [0.29, 0.717) is 24.6 Å². The summed E-state index contributed by atoms with van der Waals surface area (Å²) in [5.74, 6) is 1.54. The number of hydrogen-bond acceptors (Lipinski definition) is 3. The molecular weight excluding hydrogens is 264 g/mol. The van der Waals surface area contributed by atoms with Gasteiger partial charge in [-0.25, -0.2) is 4.98 Å². The average molecular weight is 280 g/mol. The Kier molecular flexibility index (Phi) is 3.69. The molecule has 1 saturated heterocycles. The summed E-state index contributed by atoms with van der Waals surface area (Å²) in [7, 11) is 0. The van der Waals surface area contributed by atoms with Gasteiger partial charge in [0.25, 0.3) is 0 Å². The second kappa shape index (κ2) is 5.79. The van der Waals surface area contributed by atoms with Crippen LogP contribution in [0.3, 0.4) is 0 Å². The highest BCUT2D eigenvalue weighted by Crippen LogP contribution is 2.29. The van der Waals surface area contributed by atoms with Crippen LogP contribution in [0.25, 0.3) is 0 Å². The first-order valence-electron chi connectivity index (χ1n) is 6.88. The van der Waals surface area contributed by atoms with E-state index in [1.807, 2.05) is 42.5 Å². The first-order valence-corrected chi connectivity index (χ1v) is 6.88. The van der Waals surface area contributed by atoms with Crippen LogP contribution in [0.15, 0.2) is 61.3 Å². The molecule has 1 fully saturated rings. The summed E-state index contributed by atoms with van der Waals surface area (Å²) in [6.07, 6.45) is 4.04. The number of amides is 1. The Labute approximate surface area is 123 Å². The highest BCUT2D eigenvalue weighted by atomic mass is 16.5. The van der Waals surface area contributed by atoms with Crippen molar-refractivity contribution in [3.63, 3.8) is 0 Å². The van der Waals surface area contributed by atoms with Gasteiger partial charge in [-0.3, -0.25) is 4.79 Å². The molecule has 2 aromatic rings. The van der Waals surface area contributed by atoms with Crippen LogP contribution in [0.5, 0.6) is 11.6 Å². The Morgan fingerprint density at radius 3 is 2.90 bits per heavy atom. The van der Waals surface area contributed by atoms with Crippen LogP contribution in [0.2, 0.25) is 0 Å². The van der Waals surface area contributed by atoms with Crippen LogP contribution in [0, 0.1) is 5.92 Å². The third kappa shape index (κ3) is 2.94. The molecule has 1 aliphatic heterocycles. The second-order valence-corrected chi connectivity index (χ2v) is 4.97. The number of hydrogen-bond donors (Lipinski definition) is 0. The van der Waals surface area contributed by atoms with E-state index in [1.54, 1.807) is 17.2 Å². The Hall–Kier alpha value is -2.62. The van der Waals surface area contributed by atoms with E-state index in [1.165, 1.54) is 0 Å². The summed E-state index contributed by atoms with van der Waals surface area (Å²) in [5, 5.41) is 0. The normalized spacial score (nSPS) is 17.8. The smallest absolute Gasteiger partial charge is 0.227 e. The molecule has 1 unspecified atom stereocenters. The van der Waals surface area contributed by atoms with Crippen LogP contribution in [-0.2, 0) is 4.79 Å². The third-order valence-corrected chi connectivity index (χ3v) is 3.48. The van der Waals surface area contributed by atoms with Gasteiger partial charge in [0.1, 0.15) is 5.75 Å². The molecule has 0 saturated carbocycles. The van der Waals surface area contributed by atoms with E-state index in [0.717, 1.165) is 5.69 Å². The molecule has 0 radical (unpaired) electrons. The Balaban J connectivity index is 1.80. The molecule has 0 aliphatic carbocycles. The van der Waals surface area contributed by atoms with Gasteiger partial charge in [0, 0.05) is 42.9 Å². The molecule has 4 heteroatoms. The maximum absolute atomic E-state index is 12.0. The van der Waals surface area contributed by atoms with Crippen molar-refractivity contribution in [1.82, 2.24) is 4.98 Å². The zero-order chi connectivity index (χ0) is 14.7. The van der Waals surface area contributed by atoms with E-state index in [9.17, 15) is 4.79 Å². The molecule has 0 N–H and O–H groups in total. The topological polar surface area (TPSA) is 42.4 Å². The second-order valence-electron chi connectivity index (χ2n) is 4.97. The summed E-state index contributed by atoms with van der Waals surface area (Å²) in [5.41, 5.74) is 0.845. The largest absolute Gasteiger partial charge is 0.439 e. The molecule has 21 heavy (non-hydrogen) atoms. The van der Waals surface area contributed by atoms with Gasteiger partial charge < -0.3 is 9.64 Å². The molecule has 1 amide bonds. The first-order chi connectivity index (χ1) is 10.3. The number of carbonyl (C=O) groups excluding carboxylic acids is 1. The number of nitrogens with zero attached hydrogens (tertiary/aromatic N) is 2. The van der Waals surface area contributed by atoms with Gasteiger partial charge in [-0.15, -0.1) is 6.58 Å². The number of anilines is 1. The fourth-order valence-corrected chi connectivity index (χ4v) is 2.39.